The van der Waals surface area contributed by atoms with Crippen LogP contribution in [-0.4, -0.2) is 58.8 Å². The number of urea groups is 1. The molecule has 1 saturated heterocycles. The maximum atomic E-state index is 12.6. The highest BCUT2D eigenvalue weighted by Gasteiger charge is 2.23. The fraction of sp³-hybridized carbons (Fsp3) is 0.316. The standard InChI is InChI=1S/C19H22N6O2/c1-14-20-18-8-7-15(13-25(18)22-14)21-19(26)24-11-9-23(10-12-24)16-5-3-4-6-17(16)27-2/h3-8,13H,9-12H2,1-2H3,(H,21,26). The Morgan fingerprint density at radius 3 is 2.67 bits per heavy atom. The van der Waals surface area contributed by atoms with E-state index in [0.717, 1.165) is 30.2 Å². The van der Waals surface area contributed by atoms with Gasteiger partial charge in [-0.15, -0.1) is 0 Å². The zero-order valence-corrected chi connectivity index (χ0v) is 15.4. The summed E-state index contributed by atoms with van der Waals surface area (Å²) in [6, 6.07) is 11.5. The molecule has 4 rings (SSSR count). The Kier molecular flexibility index (Phi) is 4.53. The SMILES string of the molecule is COc1ccccc1N1CCN(C(=O)Nc2ccc3nc(C)nn3c2)CC1. The largest absolute Gasteiger partial charge is 0.495 e. The number of anilines is 2. The van der Waals surface area contributed by atoms with Crippen LogP contribution >= 0.6 is 0 Å². The highest BCUT2D eigenvalue weighted by molar-refractivity contribution is 5.89. The van der Waals surface area contributed by atoms with Crippen LogP contribution in [0.4, 0.5) is 16.2 Å². The van der Waals surface area contributed by atoms with Crippen molar-refractivity contribution in [2.24, 2.45) is 0 Å². The van der Waals surface area contributed by atoms with Gasteiger partial charge in [0.25, 0.3) is 0 Å². The lowest BCUT2D eigenvalue weighted by atomic mass is 10.2. The van der Waals surface area contributed by atoms with E-state index in [9.17, 15) is 4.79 Å². The summed E-state index contributed by atoms with van der Waals surface area (Å²) in [5.41, 5.74) is 2.52. The molecule has 27 heavy (non-hydrogen) atoms. The van der Waals surface area contributed by atoms with Crippen molar-refractivity contribution >= 4 is 23.1 Å². The second-order valence-electron chi connectivity index (χ2n) is 6.46. The van der Waals surface area contributed by atoms with Crippen LogP contribution in [0.1, 0.15) is 5.82 Å². The smallest absolute Gasteiger partial charge is 0.322 e. The summed E-state index contributed by atoms with van der Waals surface area (Å²) in [5.74, 6) is 1.55. The lowest BCUT2D eigenvalue weighted by Crippen LogP contribution is -2.50. The van der Waals surface area contributed by atoms with Crippen molar-refractivity contribution in [1.29, 1.82) is 0 Å². The van der Waals surface area contributed by atoms with E-state index in [1.54, 1.807) is 17.8 Å². The molecular formula is C19H22N6O2. The third-order valence-corrected chi connectivity index (χ3v) is 4.68. The van der Waals surface area contributed by atoms with Crippen molar-refractivity contribution in [3.8, 4) is 5.75 Å². The van der Waals surface area contributed by atoms with Crippen LogP contribution in [0.2, 0.25) is 0 Å². The van der Waals surface area contributed by atoms with Crippen LogP contribution in [0, 0.1) is 6.92 Å². The Labute approximate surface area is 157 Å². The molecule has 0 aliphatic carbocycles. The summed E-state index contributed by atoms with van der Waals surface area (Å²) < 4.78 is 7.11. The molecule has 0 bridgehead atoms. The lowest BCUT2D eigenvalue weighted by Gasteiger charge is -2.36. The van der Waals surface area contributed by atoms with Gasteiger partial charge in [0.15, 0.2) is 5.65 Å². The maximum absolute atomic E-state index is 12.6. The molecule has 1 fully saturated rings. The highest BCUT2D eigenvalue weighted by atomic mass is 16.5. The Hall–Kier alpha value is -3.29. The normalized spacial score (nSPS) is 14.4. The molecule has 2 aromatic heterocycles. The minimum Gasteiger partial charge on any atom is -0.495 e. The molecule has 140 valence electrons. The number of ether oxygens (including phenoxy) is 1. The predicted octanol–water partition coefficient (Wildman–Crippen LogP) is 2.40. The molecular weight excluding hydrogens is 344 g/mol. The topological polar surface area (TPSA) is 75.0 Å². The molecule has 0 spiro atoms. The number of para-hydroxylation sites is 2. The quantitative estimate of drug-likeness (QED) is 0.770. The van der Waals surface area contributed by atoms with Crippen molar-refractivity contribution in [2.75, 3.05) is 43.5 Å². The van der Waals surface area contributed by atoms with E-state index in [0.29, 0.717) is 24.6 Å². The van der Waals surface area contributed by atoms with Gasteiger partial charge in [-0.25, -0.2) is 14.3 Å². The second-order valence-corrected chi connectivity index (χ2v) is 6.46. The van der Waals surface area contributed by atoms with Crippen LogP contribution in [0.25, 0.3) is 5.65 Å². The molecule has 1 aliphatic rings. The first-order valence-electron chi connectivity index (χ1n) is 8.91. The highest BCUT2D eigenvalue weighted by Crippen LogP contribution is 2.28. The van der Waals surface area contributed by atoms with Gasteiger partial charge >= 0.3 is 6.03 Å². The van der Waals surface area contributed by atoms with E-state index in [-0.39, 0.29) is 6.03 Å². The Bertz CT molecular complexity index is 962. The molecule has 1 aromatic carbocycles. The van der Waals surface area contributed by atoms with Crippen molar-refractivity contribution in [2.45, 2.75) is 6.92 Å². The number of carbonyl (C=O) groups excluding carboxylic acids is 1. The molecule has 3 aromatic rings. The number of hydrogen-bond donors (Lipinski definition) is 1. The number of aryl methyl sites for hydroxylation is 1. The first kappa shape index (κ1) is 17.1. The molecule has 8 heteroatoms. The van der Waals surface area contributed by atoms with Crippen LogP contribution in [0.3, 0.4) is 0 Å². The van der Waals surface area contributed by atoms with Crippen LogP contribution in [-0.2, 0) is 0 Å². The molecule has 3 heterocycles. The van der Waals surface area contributed by atoms with Crippen LogP contribution in [0.15, 0.2) is 42.6 Å². The molecule has 0 atom stereocenters. The summed E-state index contributed by atoms with van der Waals surface area (Å²) in [7, 11) is 1.68. The minimum absolute atomic E-state index is 0.106. The Morgan fingerprint density at radius 2 is 1.89 bits per heavy atom. The summed E-state index contributed by atoms with van der Waals surface area (Å²) >= 11 is 0. The van der Waals surface area contributed by atoms with E-state index in [4.69, 9.17) is 4.74 Å². The second kappa shape index (κ2) is 7.14. The number of piperazine rings is 1. The van der Waals surface area contributed by atoms with Gasteiger partial charge in [-0.05, 0) is 31.2 Å². The van der Waals surface area contributed by atoms with E-state index in [2.05, 4.69) is 20.3 Å². The molecule has 1 N–H and O–H groups in total. The van der Waals surface area contributed by atoms with Crippen molar-refractivity contribution in [3.63, 3.8) is 0 Å². The number of carbonyl (C=O) groups is 1. The van der Waals surface area contributed by atoms with Gasteiger partial charge in [0.1, 0.15) is 11.6 Å². The van der Waals surface area contributed by atoms with Crippen molar-refractivity contribution in [1.82, 2.24) is 19.5 Å². The first-order chi connectivity index (χ1) is 13.1. The van der Waals surface area contributed by atoms with E-state index < -0.39 is 0 Å². The number of hydrogen-bond acceptors (Lipinski definition) is 5. The Balaban J connectivity index is 1.39. The van der Waals surface area contributed by atoms with E-state index in [1.165, 1.54) is 0 Å². The van der Waals surface area contributed by atoms with E-state index >= 15 is 0 Å². The number of pyridine rings is 1. The van der Waals surface area contributed by atoms with Gasteiger partial charge < -0.3 is 19.9 Å². The number of nitrogens with zero attached hydrogens (tertiary/aromatic N) is 5. The number of amides is 2. The number of methoxy groups -OCH3 is 1. The van der Waals surface area contributed by atoms with Gasteiger partial charge in [0.2, 0.25) is 0 Å². The van der Waals surface area contributed by atoms with Crippen molar-refractivity contribution < 1.29 is 9.53 Å². The summed E-state index contributed by atoms with van der Waals surface area (Å²) in [6.45, 7) is 4.65. The predicted molar refractivity (Wildman–Crippen MR) is 104 cm³/mol. The number of nitrogens with one attached hydrogen (secondary N) is 1. The lowest BCUT2D eigenvalue weighted by molar-refractivity contribution is 0.208. The Morgan fingerprint density at radius 1 is 1.11 bits per heavy atom. The number of rotatable bonds is 3. The average molecular weight is 366 g/mol. The summed E-state index contributed by atoms with van der Waals surface area (Å²) in [4.78, 5) is 21.0. The first-order valence-corrected chi connectivity index (χ1v) is 8.91. The molecule has 0 radical (unpaired) electrons. The van der Waals surface area contributed by atoms with Crippen molar-refractivity contribution in [3.05, 3.63) is 48.4 Å². The average Bonchev–Trinajstić information content (AvgIpc) is 3.07. The van der Waals surface area contributed by atoms with E-state index in [1.807, 2.05) is 48.2 Å². The fourth-order valence-electron chi connectivity index (χ4n) is 3.31. The zero-order chi connectivity index (χ0) is 18.8. The maximum Gasteiger partial charge on any atom is 0.322 e. The number of fused-ring (bicyclic) bond motifs is 1. The number of benzene rings is 1. The summed E-state index contributed by atoms with van der Waals surface area (Å²) in [5, 5.41) is 7.22. The molecule has 8 nitrogen and oxygen atoms in total. The van der Waals surface area contributed by atoms with Gasteiger partial charge in [-0.2, -0.15) is 5.10 Å². The minimum atomic E-state index is -0.106. The van der Waals surface area contributed by atoms with Crippen LogP contribution < -0.4 is 15.0 Å². The van der Waals surface area contributed by atoms with Gasteiger partial charge in [0, 0.05) is 26.2 Å². The van der Waals surface area contributed by atoms with Gasteiger partial charge in [-0.3, -0.25) is 0 Å². The molecule has 0 saturated carbocycles. The third kappa shape index (κ3) is 3.51. The molecule has 1 aliphatic heterocycles. The third-order valence-electron chi connectivity index (χ3n) is 4.68. The molecule has 2 amide bonds. The number of aromatic nitrogens is 3. The monoisotopic (exact) mass is 366 g/mol. The van der Waals surface area contributed by atoms with Gasteiger partial charge in [-0.1, -0.05) is 12.1 Å². The summed E-state index contributed by atoms with van der Waals surface area (Å²) in [6.07, 6.45) is 1.78. The van der Waals surface area contributed by atoms with Crippen LogP contribution in [0.5, 0.6) is 5.75 Å². The van der Waals surface area contributed by atoms with Gasteiger partial charge in [0.05, 0.1) is 24.7 Å². The fourth-order valence-corrected chi connectivity index (χ4v) is 3.31. The zero-order valence-electron chi connectivity index (χ0n) is 15.4. The molecule has 0 unspecified atom stereocenters.